The second-order valence-corrected chi connectivity index (χ2v) is 15.3. The van der Waals surface area contributed by atoms with Crippen LogP contribution in [0.2, 0.25) is 0 Å². The zero-order valence-electron chi connectivity index (χ0n) is 36.9. The third kappa shape index (κ3) is 44.1. The first-order valence-electron chi connectivity index (χ1n) is 23.5. The largest absolute Gasteiger partial charge is 0.462 e. The van der Waals surface area contributed by atoms with E-state index < -0.39 is 6.10 Å². The van der Waals surface area contributed by atoms with Crippen molar-refractivity contribution in [1.29, 1.82) is 0 Å². The van der Waals surface area contributed by atoms with Crippen molar-refractivity contribution in [2.45, 2.75) is 219 Å². The number of carbonyl (C=O) groups excluding carboxylic acids is 2. The van der Waals surface area contributed by atoms with Crippen molar-refractivity contribution in [2.75, 3.05) is 19.8 Å². The minimum atomic E-state index is -0.550. The Bertz CT molecular complexity index is 1020. The van der Waals surface area contributed by atoms with E-state index in [0.717, 1.165) is 96.3 Å². The van der Waals surface area contributed by atoms with Crippen molar-refractivity contribution >= 4 is 11.9 Å². The number of carbonyl (C=O) groups is 2. The fourth-order valence-corrected chi connectivity index (χ4v) is 6.24. The number of esters is 2. The fraction of sp³-hybridized carbons (Fsp3) is 0.725. The molecule has 0 aromatic carbocycles. The highest BCUT2D eigenvalue weighted by Crippen LogP contribution is 2.12. The number of allylic oxidation sites excluding steroid dienone is 12. The van der Waals surface area contributed by atoms with Crippen LogP contribution in [0.3, 0.4) is 0 Å². The third-order valence-corrected chi connectivity index (χ3v) is 9.73. The van der Waals surface area contributed by atoms with Gasteiger partial charge in [0.05, 0.1) is 6.61 Å². The first-order chi connectivity index (χ1) is 27.6. The van der Waals surface area contributed by atoms with Crippen LogP contribution in [-0.2, 0) is 23.8 Å². The maximum absolute atomic E-state index is 12.6. The van der Waals surface area contributed by atoms with Gasteiger partial charge in [0.1, 0.15) is 6.61 Å². The van der Waals surface area contributed by atoms with Crippen LogP contribution in [0.1, 0.15) is 213 Å². The zero-order valence-corrected chi connectivity index (χ0v) is 36.9. The van der Waals surface area contributed by atoms with Crippen LogP contribution >= 0.6 is 0 Å². The fourth-order valence-electron chi connectivity index (χ4n) is 6.24. The molecule has 5 heteroatoms. The molecule has 0 saturated carbocycles. The molecule has 0 spiro atoms. The van der Waals surface area contributed by atoms with Gasteiger partial charge in [0.2, 0.25) is 0 Å². The molecule has 322 valence electrons. The van der Waals surface area contributed by atoms with Crippen molar-refractivity contribution in [3.8, 4) is 0 Å². The van der Waals surface area contributed by atoms with E-state index >= 15 is 0 Å². The molecular weight excluding hydrogens is 693 g/mol. The molecule has 0 heterocycles. The Morgan fingerprint density at radius 3 is 1.32 bits per heavy atom. The minimum Gasteiger partial charge on any atom is -0.462 e. The molecule has 0 radical (unpaired) electrons. The highest BCUT2D eigenvalue weighted by molar-refractivity contribution is 5.70. The van der Waals surface area contributed by atoms with Crippen molar-refractivity contribution in [3.63, 3.8) is 0 Å². The number of unbranched alkanes of at least 4 members (excludes halogenated alkanes) is 19. The molecule has 0 aliphatic heterocycles. The third-order valence-electron chi connectivity index (χ3n) is 9.73. The standard InChI is InChI=1S/C51H88O5/c1-4-7-10-13-16-18-20-22-23-24-25-26-27-28-30-32-34-37-40-43-46-54-47-49(56-51(53)45-42-39-35-15-12-9-6-3)48-55-50(52)44-41-38-36-33-31-29-21-19-17-14-11-8-5-2/h7,10,16,18-19,21-23,25-26,28,30,49H,4-6,8-9,11-15,17,20,24,27,29,31-48H2,1-3H3/b10-7-,18-16-,21-19-,23-22-,26-25-,30-28-. The van der Waals surface area contributed by atoms with Crippen molar-refractivity contribution in [3.05, 3.63) is 72.9 Å². The van der Waals surface area contributed by atoms with Gasteiger partial charge in [0.15, 0.2) is 6.10 Å². The average molecular weight is 781 g/mol. The Balaban J connectivity index is 4.21. The second kappa shape index (κ2) is 46.7. The van der Waals surface area contributed by atoms with E-state index in [9.17, 15) is 9.59 Å². The number of hydrogen-bond donors (Lipinski definition) is 0. The molecule has 0 amide bonds. The number of hydrogen-bond acceptors (Lipinski definition) is 5. The van der Waals surface area contributed by atoms with E-state index in [2.05, 4.69) is 93.7 Å². The summed E-state index contributed by atoms with van der Waals surface area (Å²) in [7, 11) is 0. The summed E-state index contributed by atoms with van der Waals surface area (Å²) in [6, 6.07) is 0. The monoisotopic (exact) mass is 781 g/mol. The van der Waals surface area contributed by atoms with Gasteiger partial charge in [0.25, 0.3) is 0 Å². The van der Waals surface area contributed by atoms with Gasteiger partial charge >= 0.3 is 11.9 Å². The van der Waals surface area contributed by atoms with E-state index in [4.69, 9.17) is 14.2 Å². The lowest BCUT2D eigenvalue weighted by molar-refractivity contribution is -0.163. The lowest BCUT2D eigenvalue weighted by Crippen LogP contribution is -2.30. The summed E-state index contributed by atoms with van der Waals surface area (Å²) in [6.45, 7) is 7.59. The molecule has 0 rings (SSSR count). The number of ether oxygens (including phenoxy) is 3. The highest BCUT2D eigenvalue weighted by Gasteiger charge is 2.17. The Morgan fingerprint density at radius 2 is 0.804 bits per heavy atom. The Kier molecular flexibility index (Phi) is 44.5. The van der Waals surface area contributed by atoms with Gasteiger partial charge in [-0.3, -0.25) is 9.59 Å². The average Bonchev–Trinajstić information content (AvgIpc) is 3.20. The molecule has 56 heavy (non-hydrogen) atoms. The summed E-state index contributed by atoms with van der Waals surface area (Å²) in [5.74, 6) is -0.429. The molecule has 0 aliphatic rings. The van der Waals surface area contributed by atoms with Crippen LogP contribution < -0.4 is 0 Å². The van der Waals surface area contributed by atoms with Gasteiger partial charge in [-0.05, 0) is 89.9 Å². The van der Waals surface area contributed by atoms with Crippen molar-refractivity contribution < 1.29 is 23.8 Å². The molecule has 0 N–H and O–H groups in total. The van der Waals surface area contributed by atoms with Crippen LogP contribution in [0.15, 0.2) is 72.9 Å². The molecule has 0 aromatic heterocycles. The first kappa shape index (κ1) is 53.3. The molecule has 0 fully saturated rings. The lowest BCUT2D eigenvalue weighted by atomic mass is 10.1. The van der Waals surface area contributed by atoms with Gasteiger partial charge in [-0.2, -0.15) is 0 Å². The van der Waals surface area contributed by atoms with Gasteiger partial charge in [-0.15, -0.1) is 0 Å². The Morgan fingerprint density at radius 1 is 0.411 bits per heavy atom. The topological polar surface area (TPSA) is 61.8 Å². The molecular formula is C51H88O5. The summed E-state index contributed by atoms with van der Waals surface area (Å²) in [5, 5.41) is 0. The van der Waals surface area contributed by atoms with Gasteiger partial charge in [-0.25, -0.2) is 0 Å². The van der Waals surface area contributed by atoms with Gasteiger partial charge in [0, 0.05) is 19.4 Å². The predicted octanol–water partition coefficient (Wildman–Crippen LogP) is 15.6. The van der Waals surface area contributed by atoms with E-state index in [1.807, 2.05) is 0 Å². The summed E-state index contributed by atoms with van der Waals surface area (Å²) < 4.78 is 17.2. The van der Waals surface area contributed by atoms with Crippen LogP contribution in [-0.4, -0.2) is 37.9 Å². The van der Waals surface area contributed by atoms with E-state index in [0.29, 0.717) is 19.4 Å². The SMILES string of the molecule is CC/C=C\C/C=C\C/C=C\C/C=C\C/C=C\CCCCCCOCC(COC(=O)CCCCCCC/C=C\CCCCCC)OC(=O)CCCCCCCCC. The molecule has 0 saturated heterocycles. The predicted molar refractivity (Wildman–Crippen MR) is 242 cm³/mol. The molecule has 1 atom stereocenters. The second-order valence-electron chi connectivity index (χ2n) is 15.3. The summed E-state index contributed by atoms with van der Waals surface area (Å²) in [4.78, 5) is 25.1. The van der Waals surface area contributed by atoms with Crippen molar-refractivity contribution in [2.24, 2.45) is 0 Å². The van der Waals surface area contributed by atoms with Gasteiger partial charge in [-0.1, -0.05) is 184 Å². The molecule has 5 nitrogen and oxygen atoms in total. The molecule has 1 unspecified atom stereocenters. The van der Waals surface area contributed by atoms with E-state index in [1.54, 1.807) is 0 Å². The van der Waals surface area contributed by atoms with Crippen LogP contribution in [0, 0.1) is 0 Å². The maximum atomic E-state index is 12.6. The summed E-state index contributed by atoms with van der Waals surface area (Å²) in [6.07, 6.45) is 59.1. The quantitative estimate of drug-likeness (QED) is 0.0351. The van der Waals surface area contributed by atoms with E-state index in [1.165, 1.54) is 83.5 Å². The normalized spacial score (nSPS) is 12.8. The van der Waals surface area contributed by atoms with Crippen molar-refractivity contribution in [1.82, 2.24) is 0 Å². The molecule has 0 aliphatic carbocycles. The summed E-state index contributed by atoms with van der Waals surface area (Å²) >= 11 is 0. The first-order valence-corrected chi connectivity index (χ1v) is 23.5. The number of rotatable bonds is 42. The molecule has 0 aromatic rings. The van der Waals surface area contributed by atoms with E-state index in [-0.39, 0.29) is 25.2 Å². The Labute approximate surface area is 347 Å². The highest BCUT2D eigenvalue weighted by atomic mass is 16.6. The van der Waals surface area contributed by atoms with Crippen LogP contribution in [0.4, 0.5) is 0 Å². The minimum absolute atomic E-state index is 0.0691. The Hall–Kier alpha value is -2.66. The lowest BCUT2D eigenvalue weighted by Gasteiger charge is -2.18. The van der Waals surface area contributed by atoms with Crippen LogP contribution in [0.25, 0.3) is 0 Å². The summed E-state index contributed by atoms with van der Waals surface area (Å²) in [5.41, 5.74) is 0. The smallest absolute Gasteiger partial charge is 0.306 e. The zero-order chi connectivity index (χ0) is 40.7. The maximum Gasteiger partial charge on any atom is 0.306 e. The van der Waals surface area contributed by atoms with Gasteiger partial charge < -0.3 is 14.2 Å². The van der Waals surface area contributed by atoms with Crippen LogP contribution in [0.5, 0.6) is 0 Å². The molecule has 0 bridgehead atoms.